The molecule has 0 atom stereocenters. The number of halogens is 1. The van der Waals surface area contributed by atoms with E-state index in [0.717, 1.165) is 16.1 Å². The van der Waals surface area contributed by atoms with E-state index >= 15 is 0 Å². The fourth-order valence-corrected chi connectivity index (χ4v) is 3.00. The summed E-state index contributed by atoms with van der Waals surface area (Å²) in [6.45, 7) is 5.49. The Balaban J connectivity index is 2.08. The Kier molecular flexibility index (Phi) is 4.47. The van der Waals surface area contributed by atoms with E-state index in [2.05, 4.69) is 5.10 Å². The van der Waals surface area contributed by atoms with Crippen molar-refractivity contribution in [3.05, 3.63) is 52.9 Å². The van der Waals surface area contributed by atoms with Crippen molar-refractivity contribution in [1.29, 1.82) is 0 Å². The van der Waals surface area contributed by atoms with Crippen molar-refractivity contribution in [2.24, 2.45) is 0 Å². The second-order valence-electron chi connectivity index (χ2n) is 6.29. The molecule has 0 N–H and O–H groups in total. The first-order chi connectivity index (χ1) is 11.3. The van der Waals surface area contributed by atoms with Crippen LogP contribution in [-0.4, -0.2) is 21.5 Å². The van der Waals surface area contributed by atoms with Crippen molar-refractivity contribution in [3.8, 4) is 21.8 Å². The minimum atomic E-state index is -0.594. The first-order valence-corrected chi connectivity index (χ1v) is 8.72. The first-order valence-electron chi connectivity index (χ1n) is 7.47. The van der Waals surface area contributed by atoms with Crippen LogP contribution in [0.5, 0.6) is 0 Å². The van der Waals surface area contributed by atoms with Gasteiger partial charge in [0.1, 0.15) is 11.3 Å². The highest BCUT2D eigenvalue weighted by molar-refractivity contribution is 7.13. The molecule has 0 fully saturated rings. The van der Waals surface area contributed by atoms with Crippen molar-refractivity contribution in [3.63, 3.8) is 0 Å². The van der Waals surface area contributed by atoms with Crippen molar-refractivity contribution in [1.82, 2.24) is 9.78 Å². The van der Waals surface area contributed by atoms with E-state index in [-0.39, 0.29) is 0 Å². The van der Waals surface area contributed by atoms with Crippen LogP contribution in [0, 0.1) is 0 Å². The molecule has 0 amide bonds. The number of hydrogen-bond acceptors (Lipinski definition) is 4. The van der Waals surface area contributed by atoms with E-state index in [9.17, 15) is 4.79 Å². The van der Waals surface area contributed by atoms with Crippen LogP contribution in [0.3, 0.4) is 0 Å². The molecule has 124 valence electrons. The van der Waals surface area contributed by atoms with Crippen LogP contribution in [0.25, 0.3) is 21.8 Å². The van der Waals surface area contributed by atoms with Gasteiger partial charge in [0.2, 0.25) is 0 Å². The highest BCUT2D eigenvalue weighted by atomic mass is 35.5. The highest BCUT2D eigenvalue weighted by Gasteiger charge is 2.23. The predicted octanol–water partition coefficient (Wildman–Crippen LogP) is 5.72. The lowest BCUT2D eigenvalue weighted by Crippen LogP contribution is -2.28. The van der Waals surface area contributed by atoms with Gasteiger partial charge in [-0.25, -0.2) is 4.79 Å². The summed E-state index contributed by atoms with van der Waals surface area (Å²) < 4.78 is 6.79. The minimum absolute atomic E-state index is 0.504. The fraction of sp³-hybridized carbons (Fsp3) is 0.222. The third kappa shape index (κ3) is 3.68. The second-order valence-corrected chi connectivity index (χ2v) is 7.68. The molecule has 0 spiro atoms. The zero-order valence-corrected chi connectivity index (χ0v) is 15.2. The molecule has 0 saturated heterocycles. The van der Waals surface area contributed by atoms with Gasteiger partial charge in [0.15, 0.2) is 0 Å². The summed E-state index contributed by atoms with van der Waals surface area (Å²) in [7, 11) is 0. The predicted molar refractivity (Wildman–Crippen MR) is 97.6 cm³/mol. The second kappa shape index (κ2) is 6.42. The summed E-state index contributed by atoms with van der Waals surface area (Å²) in [4.78, 5) is 13.6. The molecule has 3 rings (SSSR count). The van der Waals surface area contributed by atoms with Gasteiger partial charge in [-0.2, -0.15) is 9.78 Å². The molecule has 0 aliphatic heterocycles. The van der Waals surface area contributed by atoms with Gasteiger partial charge in [-0.3, -0.25) is 0 Å². The number of nitrogens with zero attached hydrogens (tertiary/aromatic N) is 2. The monoisotopic (exact) mass is 360 g/mol. The third-order valence-corrected chi connectivity index (χ3v) is 4.33. The van der Waals surface area contributed by atoms with E-state index in [1.807, 2.05) is 56.5 Å². The van der Waals surface area contributed by atoms with E-state index in [1.54, 1.807) is 23.5 Å². The third-order valence-electron chi connectivity index (χ3n) is 3.19. The van der Waals surface area contributed by atoms with Crippen LogP contribution in [0.15, 0.2) is 47.8 Å². The molecule has 4 nitrogen and oxygen atoms in total. The van der Waals surface area contributed by atoms with E-state index in [0.29, 0.717) is 10.7 Å². The fourth-order valence-electron chi connectivity index (χ4n) is 2.20. The minimum Gasteiger partial charge on any atom is -0.442 e. The largest absolute Gasteiger partial charge is 0.442 e. The summed E-state index contributed by atoms with van der Waals surface area (Å²) in [5.74, 6) is 0. The summed E-state index contributed by atoms with van der Waals surface area (Å²) in [6, 6.07) is 13.1. The lowest BCUT2D eigenvalue weighted by molar-refractivity contribution is 0.0518. The average molecular weight is 361 g/mol. The number of benzene rings is 1. The average Bonchev–Trinajstić information content (AvgIpc) is 3.15. The van der Waals surface area contributed by atoms with Gasteiger partial charge >= 0.3 is 6.09 Å². The Bertz CT molecular complexity index is 846. The molecule has 1 aromatic carbocycles. The van der Waals surface area contributed by atoms with Crippen molar-refractivity contribution in [2.75, 3.05) is 0 Å². The summed E-state index contributed by atoms with van der Waals surface area (Å²) >= 11 is 7.53. The van der Waals surface area contributed by atoms with Crippen molar-refractivity contribution < 1.29 is 9.53 Å². The topological polar surface area (TPSA) is 44.1 Å². The number of ether oxygens (including phenoxy) is 1. The quantitative estimate of drug-likeness (QED) is 0.587. The van der Waals surface area contributed by atoms with Crippen LogP contribution in [0.4, 0.5) is 4.79 Å². The van der Waals surface area contributed by atoms with Crippen LogP contribution in [0.2, 0.25) is 5.02 Å². The molecule has 0 saturated carbocycles. The van der Waals surface area contributed by atoms with Gasteiger partial charge in [0.05, 0.1) is 10.6 Å². The molecular formula is C18H17ClN2O2S. The zero-order chi connectivity index (χ0) is 17.3. The maximum Gasteiger partial charge on any atom is 0.435 e. The van der Waals surface area contributed by atoms with Gasteiger partial charge in [-0.15, -0.1) is 11.3 Å². The Morgan fingerprint density at radius 1 is 1.21 bits per heavy atom. The molecule has 2 aromatic heterocycles. The van der Waals surface area contributed by atoms with Gasteiger partial charge in [0, 0.05) is 10.6 Å². The van der Waals surface area contributed by atoms with Crippen LogP contribution >= 0.6 is 22.9 Å². The number of rotatable bonds is 2. The highest BCUT2D eigenvalue weighted by Crippen LogP contribution is 2.30. The molecule has 24 heavy (non-hydrogen) atoms. The summed E-state index contributed by atoms with van der Waals surface area (Å²) in [5.41, 5.74) is 1.66. The van der Waals surface area contributed by atoms with E-state index in [1.165, 1.54) is 4.68 Å². The van der Waals surface area contributed by atoms with Crippen molar-refractivity contribution >= 4 is 29.0 Å². The maximum atomic E-state index is 12.6. The molecule has 0 aliphatic carbocycles. The van der Waals surface area contributed by atoms with Crippen LogP contribution in [0.1, 0.15) is 20.8 Å². The van der Waals surface area contributed by atoms with Gasteiger partial charge < -0.3 is 4.74 Å². The molecule has 6 heteroatoms. The Morgan fingerprint density at radius 2 is 1.92 bits per heavy atom. The molecule has 0 radical (unpaired) electrons. The van der Waals surface area contributed by atoms with Gasteiger partial charge in [0.25, 0.3) is 0 Å². The normalized spacial score (nSPS) is 11.5. The molecule has 3 aromatic rings. The smallest absolute Gasteiger partial charge is 0.435 e. The summed E-state index contributed by atoms with van der Waals surface area (Å²) in [5, 5.41) is 7.07. The molecular weight excluding hydrogens is 344 g/mol. The van der Waals surface area contributed by atoms with Gasteiger partial charge in [-0.05, 0) is 50.4 Å². The van der Waals surface area contributed by atoms with Crippen molar-refractivity contribution in [2.45, 2.75) is 26.4 Å². The molecule has 0 aliphatic rings. The molecule has 0 bridgehead atoms. The lowest BCUT2D eigenvalue weighted by Gasteiger charge is -2.19. The first kappa shape index (κ1) is 16.7. The summed E-state index contributed by atoms with van der Waals surface area (Å²) in [6.07, 6.45) is -0.504. The molecule has 0 unspecified atom stereocenters. The van der Waals surface area contributed by atoms with Crippen LogP contribution < -0.4 is 0 Å². The lowest BCUT2D eigenvalue weighted by atomic mass is 10.1. The maximum absolute atomic E-state index is 12.6. The Hall–Kier alpha value is -2.11. The SMILES string of the molecule is CC(C)(C)OC(=O)n1nc(-c2cccs2)cc1-c1ccc(Cl)cc1. The Labute approximate surface area is 149 Å². The number of hydrogen-bond donors (Lipinski definition) is 0. The Morgan fingerprint density at radius 3 is 2.50 bits per heavy atom. The van der Waals surface area contributed by atoms with Gasteiger partial charge in [-0.1, -0.05) is 29.8 Å². The molecule has 2 heterocycles. The van der Waals surface area contributed by atoms with E-state index in [4.69, 9.17) is 16.3 Å². The number of aromatic nitrogens is 2. The van der Waals surface area contributed by atoms with Crippen LogP contribution in [-0.2, 0) is 4.74 Å². The standard InChI is InChI=1S/C18H17ClN2O2S/c1-18(2,3)23-17(22)21-15(12-6-8-13(19)9-7-12)11-14(20-21)16-5-4-10-24-16/h4-11H,1-3H3. The number of carbonyl (C=O) groups is 1. The number of thiophene rings is 1. The van der Waals surface area contributed by atoms with E-state index < -0.39 is 11.7 Å². The number of carbonyl (C=O) groups excluding carboxylic acids is 1. The zero-order valence-electron chi connectivity index (χ0n) is 13.6.